The van der Waals surface area contributed by atoms with Gasteiger partial charge in [0.1, 0.15) is 0 Å². The second kappa shape index (κ2) is 4.93. The molecule has 0 spiro atoms. The number of nitrogens with zero attached hydrogens (tertiary/aromatic N) is 1. The lowest BCUT2D eigenvalue weighted by molar-refractivity contribution is 0.602. The van der Waals surface area contributed by atoms with Gasteiger partial charge in [-0.15, -0.1) is 0 Å². The smallest absolute Gasteiger partial charge is 0.177 e. The van der Waals surface area contributed by atoms with Crippen LogP contribution in [0.4, 0.5) is 11.4 Å². The summed E-state index contributed by atoms with van der Waals surface area (Å²) in [4.78, 5) is 0.140. The molecule has 0 aliphatic rings. The number of hydrogen-bond acceptors (Lipinski definition) is 5. The van der Waals surface area contributed by atoms with E-state index in [1.807, 2.05) is 6.92 Å². The molecular weight excluding hydrogens is 264 g/mol. The molecule has 19 heavy (non-hydrogen) atoms. The fourth-order valence-corrected chi connectivity index (χ4v) is 2.60. The first-order valence-corrected chi connectivity index (χ1v) is 7.60. The van der Waals surface area contributed by atoms with E-state index < -0.39 is 9.84 Å². The zero-order chi connectivity index (χ0) is 14.0. The Bertz CT molecular complexity index is 692. The molecule has 0 unspecified atom stereocenters. The van der Waals surface area contributed by atoms with Crippen LogP contribution in [0.15, 0.2) is 29.3 Å². The maximum atomic E-state index is 11.6. The minimum absolute atomic E-state index is 0.140. The highest BCUT2D eigenvalue weighted by Gasteiger charge is 2.14. The molecule has 1 aromatic carbocycles. The third-order valence-corrected chi connectivity index (χ3v) is 4.02. The van der Waals surface area contributed by atoms with Gasteiger partial charge in [0.05, 0.1) is 22.5 Å². The van der Waals surface area contributed by atoms with Crippen molar-refractivity contribution in [2.45, 2.75) is 18.4 Å². The largest absolute Gasteiger partial charge is 0.396 e. The Morgan fingerprint density at radius 1 is 1.42 bits per heavy atom. The van der Waals surface area contributed by atoms with Gasteiger partial charge in [-0.25, -0.2) is 8.42 Å². The van der Waals surface area contributed by atoms with Crippen molar-refractivity contribution in [3.8, 4) is 0 Å². The summed E-state index contributed by atoms with van der Waals surface area (Å²) >= 11 is 0. The molecule has 0 aliphatic heterocycles. The number of para-hydroxylation sites is 1. The first-order valence-electron chi connectivity index (χ1n) is 5.71. The van der Waals surface area contributed by atoms with Crippen molar-refractivity contribution in [3.05, 3.63) is 35.7 Å². The minimum Gasteiger partial charge on any atom is -0.396 e. The molecule has 4 N–H and O–H groups in total. The molecule has 0 fully saturated rings. The van der Waals surface area contributed by atoms with Crippen LogP contribution in [0.5, 0.6) is 0 Å². The van der Waals surface area contributed by atoms with E-state index in [1.54, 1.807) is 18.3 Å². The van der Waals surface area contributed by atoms with Crippen LogP contribution in [0.1, 0.15) is 11.3 Å². The Hall–Kier alpha value is -2.02. The third-order valence-electron chi connectivity index (χ3n) is 2.87. The number of nitrogen functional groups attached to an aromatic ring is 1. The van der Waals surface area contributed by atoms with Gasteiger partial charge in [-0.2, -0.15) is 5.10 Å². The average Bonchev–Trinajstić information content (AvgIpc) is 2.72. The van der Waals surface area contributed by atoms with Crippen molar-refractivity contribution >= 4 is 21.2 Å². The quantitative estimate of drug-likeness (QED) is 0.733. The van der Waals surface area contributed by atoms with Crippen LogP contribution in [-0.2, 0) is 16.4 Å². The lowest BCUT2D eigenvalue weighted by atomic mass is 10.2. The molecule has 7 heteroatoms. The Labute approximate surface area is 111 Å². The van der Waals surface area contributed by atoms with E-state index in [9.17, 15) is 8.42 Å². The van der Waals surface area contributed by atoms with E-state index in [4.69, 9.17) is 5.73 Å². The lowest BCUT2D eigenvalue weighted by Gasteiger charge is -2.11. The van der Waals surface area contributed by atoms with Crippen LogP contribution in [-0.4, -0.2) is 24.9 Å². The molecule has 6 nitrogen and oxygen atoms in total. The highest BCUT2D eigenvalue weighted by molar-refractivity contribution is 7.90. The summed E-state index contributed by atoms with van der Waals surface area (Å²) in [5, 5.41) is 9.88. The summed E-state index contributed by atoms with van der Waals surface area (Å²) in [6.45, 7) is 2.44. The normalized spacial score (nSPS) is 11.5. The van der Waals surface area contributed by atoms with Crippen LogP contribution < -0.4 is 11.1 Å². The highest BCUT2D eigenvalue weighted by atomic mass is 32.2. The number of H-pyrrole nitrogens is 1. The van der Waals surface area contributed by atoms with Crippen molar-refractivity contribution in [1.29, 1.82) is 0 Å². The average molecular weight is 280 g/mol. The van der Waals surface area contributed by atoms with E-state index >= 15 is 0 Å². The summed E-state index contributed by atoms with van der Waals surface area (Å²) in [6, 6.07) is 4.91. The van der Waals surface area contributed by atoms with Crippen molar-refractivity contribution in [2.75, 3.05) is 17.3 Å². The molecule has 0 bridgehead atoms. The fraction of sp³-hybridized carbons (Fsp3) is 0.250. The van der Waals surface area contributed by atoms with Crippen molar-refractivity contribution < 1.29 is 8.42 Å². The van der Waals surface area contributed by atoms with Crippen LogP contribution >= 0.6 is 0 Å². The standard InChI is InChI=1S/C12H16N4O2S/c1-8-9(7-15-16-8)6-14-10-4-3-5-11(12(10)13)19(2,17)18/h3-5,7,14H,6,13H2,1-2H3,(H,15,16). The van der Waals surface area contributed by atoms with Crippen molar-refractivity contribution in [3.63, 3.8) is 0 Å². The summed E-state index contributed by atoms with van der Waals surface area (Å²) in [6.07, 6.45) is 2.86. The number of aromatic amines is 1. The number of hydrogen-bond donors (Lipinski definition) is 3. The topological polar surface area (TPSA) is 101 Å². The van der Waals surface area contributed by atoms with Gasteiger partial charge < -0.3 is 11.1 Å². The van der Waals surface area contributed by atoms with E-state index in [2.05, 4.69) is 15.5 Å². The highest BCUT2D eigenvalue weighted by Crippen LogP contribution is 2.27. The predicted molar refractivity (Wildman–Crippen MR) is 74.6 cm³/mol. The SMILES string of the molecule is Cc1[nH]ncc1CNc1cccc(S(C)(=O)=O)c1N. The van der Waals surface area contributed by atoms with Crippen molar-refractivity contribution in [2.24, 2.45) is 0 Å². The van der Waals surface area contributed by atoms with Crippen LogP contribution in [0, 0.1) is 6.92 Å². The Balaban J connectivity index is 2.25. The molecule has 1 heterocycles. The zero-order valence-electron chi connectivity index (χ0n) is 10.8. The fourth-order valence-electron chi connectivity index (χ4n) is 1.77. The molecule has 0 saturated carbocycles. The monoisotopic (exact) mass is 280 g/mol. The van der Waals surface area contributed by atoms with Gasteiger partial charge >= 0.3 is 0 Å². The number of rotatable bonds is 4. The minimum atomic E-state index is -3.32. The molecule has 2 aromatic rings. The zero-order valence-corrected chi connectivity index (χ0v) is 11.6. The second-order valence-corrected chi connectivity index (χ2v) is 6.35. The number of nitrogens with two attached hydrogens (primary N) is 1. The van der Waals surface area contributed by atoms with Crippen LogP contribution in [0.3, 0.4) is 0 Å². The van der Waals surface area contributed by atoms with Crippen LogP contribution in [0.2, 0.25) is 0 Å². The number of nitrogens with one attached hydrogen (secondary N) is 2. The molecule has 0 aliphatic carbocycles. The lowest BCUT2D eigenvalue weighted by Crippen LogP contribution is -2.07. The molecular formula is C12H16N4O2S. The van der Waals surface area contributed by atoms with Gasteiger partial charge in [-0.3, -0.25) is 5.10 Å². The third kappa shape index (κ3) is 2.87. The van der Waals surface area contributed by atoms with Gasteiger partial charge in [0.15, 0.2) is 9.84 Å². The Kier molecular flexibility index (Phi) is 3.48. The van der Waals surface area contributed by atoms with E-state index in [-0.39, 0.29) is 10.6 Å². The van der Waals surface area contributed by atoms with Crippen LogP contribution in [0.25, 0.3) is 0 Å². The van der Waals surface area contributed by atoms with E-state index in [0.29, 0.717) is 12.2 Å². The molecule has 0 saturated heterocycles. The summed E-state index contributed by atoms with van der Waals surface area (Å²) in [5.74, 6) is 0. The number of aryl methyl sites for hydroxylation is 1. The summed E-state index contributed by atoms with van der Waals surface area (Å²) in [7, 11) is -3.32. The number of aromatic nitrogens is 2. The summed E-state index contributed by atoms with van der Waals surface area (Å²) < 4.78 is 23.1. The molecule has 2 rings (SSSR count). The number of sulfone groups is 1. The first kappa shape index (κ1) is 13.4. The second-order valence-electron chi connectivity index (χ2n) is 4.36. The molecule has 1 aromatic heterocycles. The van der Waals surface area contributed by atoms with E-state index in [0.717, 1.165) is 17.5 Å². The Morgan fingerprint density at radius 3 is 2.74 bits per heavy atom. The maximum Gasteiger partial charge on any atom is 0.177 e. The molecule has 0 radical (unpaired) electrons. The maximum absolute atomic E-state index is 11.6. The Morgan fingerprint density at radius 2 is 2.16 bits per heavy atom. The predicted octanol–water partition coefficient (Wildman–Crippen LogP) is 1.32. The molecule has 102 valence electrons. The van der Waals surface area contributed by atoms with E-state index in [1.165, 1.54) is 6.07 Å². The molecule has 0 atom stereocenters. The first-order chi connectivity index (χ1) is 8.89. The number of benzene rings is 1. The van der Waals surface area contributed by atoms with Gasteiger partial charge in [0.2, 0.25) is 0 Å². The van der Waals surface area contributed by atoms with Gasteiger partial charge in [-0.1, -0.05) is 6.07 Å². The van der Waals surface area contributed by atoms with Crippen molar-refractivity contribution in [1.82, 2.24) is 10.2 Å². The van der Waals surface area contributed by atoms with Gasteiger partial charge in [0, 0.05) is 24.1 Å². The summed E-state index contributed by atoms with van der Waals surface area (Å²) in [5.41, 5.74) is 8.69. The number of anilines is 2. The van der Waals surface area contributed by atoms with Gasteiger partial charge in [0.25, 0.3) is 0 Å². The molecule has 0 amide bonds. The van der Waals surface area contributed by atoms with Gasteiger partial charge in [-0.05, 0) is 19.1 Å².